The number of nitrogens with zero attached hydrogens (tertiary/aromatic N) is 1. The van der Waals surface area contributed by atoms with Crippen molar-refractivity contribution in [1.29, 1.82) is 0 Å². The van der Waals surface area contributed by atoms with E-state index in [4.69, 9.17) is 22.1 Å². The number of hydrogen-bond donors (Lipinski definition) is 1. The third kappa shape index (κ3) is 3.25. The van der Waals surface area contributed by atoms with Crippen LogP contribution in [0.2, 0.25) is 5.02 Å². The largest absolute Gasteiger partial charge is 0.453 e. The smallest absolute Gasteiger partial charge is 0.350 e. The lowest BCUT2D eigenvalue weighted by Crippen LogP contribution is -2.14. The maximum atomic E-state index is 12.2. The van der Waals surface area contributed by atoms with E-state index in [2.05, 4.69) is 4.98 Å². The highest BCUT2D eigenvalue weighted by Gasteiger charge is 2.19. The molecule has 0 aliphatic rings. The minimum atomic E-state index is -0.629. The molecule has 2 heterocycles. The molecule has 0 saturated heterocycles. The summed E-state index contributed by atoms with van der Waals surface area (Å²) in [6.45, 7) is 1.50. The van der Waals surface area contributed by atoms with Gasteiger partial charge in [-0.15, -0.1) is 11.3 Å². The van der Waals surface area contributed by atoms with Gasteiger partial charge >= 0.3 is 5.97 Å². The Hall–Kier alpha value is -2.44. The van der Waals surface area contributed by atoms with Gasteiger partial charge in [0, 0.05) is 21.7 Å². The average molecular weight is 361 g/mol. The van der Waals surface area contributed by atoms with Gasteiger partial charge in [0.15, 0.2) is 12.4 Å². The van der Waals surface area contributed by atoms with Gasteiger partial charge in [0.1, 0.15) is 9.71 Å². The number of ketones is 1. The summed E-state index contributed by atoms with van der Waals surface area (Å²) in [5, 5.41) is 1.24. The molecule has 0 atom stereocenters. The summed E-state index contributed by atoms with van der Waals surface area (Å²) in [4.78, 5) is 29.5. The SMILES string of the molecule is Cc1ccc2c(N)c(C(=O)OCC(=O)c3ccc(Cl)cc3)sc2n1. The van der Waals surface area contributed by atoms with Gasteiger partial charge in [-0.1, -0.05) is 11.6 Å². The zero-order valence-electron chi connectivity index (χ0n) is 12.7. The number of thiophene rings is 1. The Labute approximate surface area is 147 Å². The van der Waals surface area contributed by atoms with Gasteiger partial charge in [-0.25, -0.2) is 9.78 Å². The number of Topliss-reactive ketones (excluding diaryl/α,β-unsaturated/α-hetero) is 1. The maximum Gasteiger partial charge on any atom is 0.350 e. The second kappa shape index (κ2) is 6.59. The molecular formula is C17H13ClN2O3S. The molecule has 0 spiro atoms. The van der Waals surface area contributed by atoms with Crippen molar-refractivity contribution in [1.82, 2.24) is 4.98 Å². The minimum absolute atomic E-state index is 0.256. The first-order valence-corrected chi connectivity index (χ1v) is 8.26. The van der Waals surface area contributed by atoms with E-state index in [-0.39, 0.29) is 17.3 Å². The number of pyridine rings is 1. The first kappa shape index (κ1) is 16.4. The first-order valence-electron chi connectivity index (χ1n) is 7.07. The molecule has 122 valence electrons. The molecule has 2 aromatic heterocycles. The molecule has 24 heavy (non-hydrogen) atoms. The van der Waals surface area contributed by atoms with Crippen molar-refractivity contribution >= 4 is 50.6 Å². The molecule has 0 fully saturated rings. The van der Waals surface area contributed by atoms with Crippen LogP contribution >= 0.6 is 22.9 Å². The summed E-state index contributed by atoms with van der Waals surface area (Å²) in [6.07, 6.45) is 0. The minimum Gasteiger partial charge on any atom is -0.453 e. The Morgan fingerprint density at radius 1 is 1.21 bits per heavy atom. The Morgan fingerprint density at radius 2 is 1.92 bits per heavy atom. The number of aromatic nitrogens is 1. The van der Waals surface area contributed by atoms with Crippen molar-refractivity contribution in [2.45, 2.75) is 6.92 Å². The van der Waals surface area contributed by atoms with Crippen LogP contribution in [0.1, 0.15) is 25.7 Å². The summed E-state index contributed by atoms with van der Waals surface area (Å²) in [6, 6.07) is 10.0. The van der Waals surface area contributed by atoms with E-state index in [9.17, 15) is 9.59 Å². The number of benzene rings is 1. The molecule has 1 aromatic carbocycles. The molecule has 0 saturated carbocycles. The molecule has 5 nitrogen and oxygen atoms in total. The number of nitrogen functional groups attached to an aromatic ring is 1. The lowest BCUT2D eigenvalue weighted by molar-refractivity contribution is 0.0480. The van der Waals surface area contributed by atoms with E-state index >= 15 is 0 Å². The summed E-state index contributed by atoms with van der Waals surface area (Å²) in [7, 11) is 0. The van der Waals surface area contributed by atoms with E-state index in [1.807, 2.05) is 19.1 Å². The summed E-state index contributed by atoms with van der Waals surface area (Å²) < 4.78 is 5.10. The number of aryl methyl sites for hydroxylation is 1. The second-order valence-electron chi connectivity index (χ2n) is 5.16. The number of ether oxygens (including phenoxy) is 1. The monoisotopic (exact) mass is 360 g/mol. The van der Waals surface area contributed by atoms with Gasteiger partial charge in [0.2, 0.25) is 0 Å². The van der Waals surface area contributed by atoms with Crippen molar-refractivity contribution in [3.05, 3.63) is 57.6 Å². The van der Waals surface area contributed by atoms with Gasteiger partial charge < -0.3 is 10.5 Å². The highest BCUT2D eigenvalue weighted by Crippen LogP contribution is 2.33. The van der Waals surface area contributed by atoms with Gasteiger partial charge in [-0.05, 0) is 43.3 Å². The summed E-state index contributed by atoms with van der Waals surface area (Å²) in [5.41, 5.74) is 7.58. The molecule has 0 radical (unpaired) electrons. The molecule has 0 aliphatic carbocycles. The van der Waals surface area contributed by atoms with Gasteiger partial charge in [-0.2, -0.15) is 0 Å². The van der Waals surface area contributed by atoms with Crippen LogP contribution in [0.3, 0.4) is 0 Å². The maximum absolute atomic E-state index is 12.2. The van der Waals surface area contributed by atoms with Crippen LogP contribution in [0.25, 0.3) is 10.2 Å². The van der Waals surface area contributed by atoms with E-state index < -0.39 is 5.97 Å². The van der Waals surface area contributed by atoms with Crippen LogP contribution < -0.4 is 5.73 Å². The average Bonchev–Trinajstić information content (AvgIpc) is 2.89. The molecule has 3 rings (SSSR count). The number of esters is 1. The summed E-state index contributed by atoms with van der Waals surface area (Å²) >= 11 is 6.93. The molecular weight excluding hydrogens is 348 g/mol. The Kier molecular flexibility index (Phi) is 4.51. The number of anilines is 1. The van der Waals surface area contributed by atoms with Gasteiger partial charge in [0.25, 0.3) is 0 Å². The van der Waals surface area contributed by atoms with E-state index in [1.165, 1.54) is 0 Å². The standard InChI is InChI=1S/C17H13ClN2O3S/c1-9-2-7-12-14(19)15(24-16(12)20-9)17(22)23-8-13(21)10-3-5-11(18)6-4-10/h2-7H,8,19H2,1H3. The Morgan fingerprint density at radius 3 is 2.62 bits per heavy atom. The normalized spacial score (nSPS) is 10.8. The molecule has 0 unspecified atom stereocenters. The molecule has 3 aromatic rings. The Bertz CT molecular complexity index is 935. The predicted molar refractivity (Wildman–Crippen MR) is 94.8 cm³/mol. The molecule has 0 bridgehead atoms. The van der Waals surface area contributed by atoms with Crippen LogP contribution in [-0.4, -0.2) is 23.3 Å². The van der Waals surface area contributed by atoms with E-state index in [0.29, 0.717) is 26.5 Å². The van der Waals surface area contributed by atoms with Gasteiger partial charge in [0.05, 0.1) is 5.69 Å². The van der Waals surface area contributed by atoms with E-state index in [1.54, 1.807) is 24.3 Å². The lowest BCUT2D eigenvalue weighted by atomic mass is 10.1. The predicted octanol–water partition coefficient (Wildman–Crippen LogP) is 3.88. The molecule has 2 N–H and O–H groups in total. The van der Waals surface area contributed by atoms with Crippen molar-refractivity contribution in [2.24, 2.45) is 0 Å². The van der Waals surface area contributed by atoms with Crippen LogP contribution in [-0.2, 0) is 4.74 Å². The second-order valence-corrected chi connectivity index (χ2v) is 6.59. The van der Waals surface area contributed by atoms with Gasteiger partial charge in [-0.3, -0.25) is 4.79 Å². The van der Waals surface area contributed by atoms with Crippen LogP contribution in [0.4, 0.5) is 5.69 Å². The fourth-order valence-corrected chi connectivity index (χ4v) is 3.32. The van der Waals surface area contributed by atoms with Crippen molar-refractivity contribution in [2.75, 3.05) is 12.3 Å². The fraction of sp³-hybridized carbons (Fsp3) is 0.118. The quantitative estimate of drug-likeness (QED) is 0.564. The molecule has 0 aliphatic heterocycles. The third-order valence-electron chi connectivity index (χ3n) is 3.42. The Balaban J connectivity index is 1.74. The first-order chi connectivity index (χ1) is 11.5. The number of fused-ring (bicyclic) bond motifs is 1. The highest BCUT2D eigenvalue weighted by atomic mass is 35.5. The molecule has 0 amide bonds. The van der Waals surface area contributed by atoms with Crippen LogP contribution in [0, 0.1) is 6.92 Å². The molecule has 7 heteroatoms. The number of nitrogens with two attached hydrogens (primary N) is 1. The third-order valence-corrected chi connectivity index (χ3v) is 4.77. The number of carbonyl (C=O) groups excluding carboxylic acids is 2. The lowest BCUT2D eigenvalue weighted by Gasteiger charge is -2.04. The number of halogens is 1. The topological polar surface area (TPSA) is 82.3 Å². The zero-order chi connectivity index (χ0) is 17.3. The highest BCUT2D eigenvalue weighted by molar-refractivity contribution is 7.21. The van der Waals surface area contributed by atoms with E-state index in [0.717, 1.165) is 17.0 Å². The van der Waals surface area contributed by atoms with Crippen LogP contribution in [0.15, 0.2) is 36.4 Å². The fourth-order valence-electron chi connectivity index (χ4n) is 2.16. The number of carbonyl (C=O) groups is 2. The number of hydrogen-bond acceptors (Lipinski definition) is 6. The summed E-state index contributed by atoms with van der Waals surface area (Å²) in [5.74, 6) is -0.941. The number of rotatable bonds is 4. The zero-order valence-corrected chi connectivity index (χ0v) is 14.3. The van der Waals surface area contributed by atoms with Crippen LogP contribution in [0.5, 0.6) is 0 Å². The van der Waals surface area contributed by atoms with Crippen molar-refractivity contribution in [3.8, 4) is 0 Å². The van der Waals surface area contributed by atoms with Crippen molar-refractivity contribution < 1.29 is 14.3 Å². The van der Waals surface area contributed by atoms with Crippen molar-refractivity contribution in [3.63, 3.8) is 0 Å².